The number of carbonyl (C=O) groups is 2. The summed E-state index contributed by atoms with van der Waals surface area (Å²) < 4.78 is 22.8. The lowest BCUT2D eigenvalue weighted by Crippen LogP contribution is -2.36. The first-order valence-electron chi connectivity index (χ1n) is 13.1. The van der Waals surface area contributed by atoms with Gasteiger partial charge in [-0.25, -0.2) is 0 Å². The first-order chi connectivity index (χ1) is 15.5. The van der Waals surface area contributed by atoms with E-state index in [9.17, 15) is 9.59 Å². The molecule has 1 saturated heterocycles. The van der Waals surface area contributed by atoms with Crippen LogP contribution in [0.2, 0.25) is 0 Å². The van der Waals surface area contributed by atoms with Gasteiger partial charge in [0.2, 0.25) is 0 Å². The summed E-state index contributed by atoms with van der Waals surface area (Å²) in [5.74, 6) is -0.372. The Bertz CT molecular complexity index is 475. The van der Waals surface area contributed by atoms with Gasteiger partial charge in [0.05, 0.1) is 12.0 Å². The van der Waals surface area contributed by atoms with Crippen molar-refractivity contribution in [2.24, 2.45) is 5.41 Å². The van der Waals surface area contributed by atoms with E-state index in [0.717, 1.165) is 26.1 Å². The Morgan fingerprint density at radius 1 is 0.875 bits per heavy atom. The van der Waals surface area contributed by atoms with Crippen molar-refractivity contribution in [3.63, 3.8) is 0 Å². The molecule has 0 spiro atoms. The highest BCUT2D eigenvalue weighted by atomic mass is 16.6. The van der Waals surface area contributed by atoms with Crippen LogP contribution < -0.4 is 0 Å². The molecular formula is C26H48O6. The summed E-state index contributed by atoms with van der Waals surface area (Å²) >= 11 is 0. The van der Waals surface area contributed by atoms with E-state index in [2.05, 4.69) is 13.8 Å². The lowest BCUT2D eigenvalue weighted by atomic mass is 9.77. The van der Waals surface area contributed by atoms with Crippen LogP contribution in [0.4, 0.5) is 0 Å². The van der Waals surface area contributed by atoms with Gasteiger partial charge >= 0.3 is 11.9 Å². The third-order valence-electron chi connectivity index (χ3n) is 6.29. The summed E-state index contributed by atoms with van der Waals surface area (Å²) in [6.07, 6.45) is 12.3. The number of unbranched alkanes of at least 4 members (excludes halogenated alkanes) is 6. The molecule has 1 atom stereocenters. The summed E-state index contributed by atoms with van der Waals surface area (Å²) in [4.78, 5) is 25.3. The molecule has 0 aliphatic carbocycles. The zero-order valence-electron chi connectivity index (χ0n) is 21.0. The maximum atomic E-state index is 13.2. The number of esters is 2. The lowest BCUT2D eigenvalue weighted by Gasteiger charge is -2.31. The second kappa shape index (κ2) is 18.3. The minimum Gasteiger partial charge on any atom is -0.465 e. The summed E-state index contributed by atoms with van der Waals surface area (Å²) in [5.41, 5.74) is -0.666. The van der Waals surface area contributed by atoms with Gasteiger partial charge in [-0.1, -0.05) is 52.4 Å². The van der Waals surface area contributed by atoms with Crippen molar-refractivity contribution in [1.29, 1.82) is 0 Å². The van der Waals surface area contributed by atoms with Gasteiger partial charge in [0, 0.05) is 39.3 Å². The maximum absolute atomic E-state index is 13.2. The van der Waals surface area contributed by atoms with Crippen molar-refractivity contribution in [3.8, 4) is 0 Å². The first kappa shape index (κ1) is 28.9. The Morgan fingerprint density at radius 2 is 1.47 bits per heavy atom. The number of hydrogen-bond donors (Lipinski definition) is 0. The molecule has 1 aliphatic rings. The van der Waals surface area contributed by atoms with Gasteiger partial charge in [-0.15, -0.1) is 0 Å². The zero-order chi connectivity index (χ0) is 23.5. The third kappa shape index (κ3) is 12.8. The molecule has 0 aromatic heterocycles. The number of cyclic esters (lactones) is 2. The van der Waals surface area contributed by atoms with Crippen LogP contribution in [-0.2, 0) is 28.5 Å². The summed E-state index contributed by atoms with van der Waals surface area (Å²) in [6.45, 7) is 9.00. The number of hydrogen-bond acceptors (Lipinski definition) is 6. The second-order valence-corrected chi connectivity index (χ2v) is 9.21. The largest absolute Gasteiger partial charge is 0.465 e. The average Bonchev–Trinajstić information content (AvgIpc) is 2.78. The SMILES string of the molecule is CCCCCCOCCC1(CCOCCCCCC)CCCC(=O)OC(C)CCOC1=O. The van der Waals surface area contributed by atoms with Crippen LogP contribution in [0.1, 0.15) is 111 Å². The molecule has 0 amide bonds. The van der Waals surface area contributed by atoms with Crippen LogP contribution in [-0.4, -0.2) is 51.1 Å². The molecule has 0 N–H and O–H groups in total. The zero-order valence-corrected chi connectivity index (χ0v) is 21.0. The van der Waals surface area contributed by atoms with Gasteiger partial charge in [-0.2, -0.15) is 0 Å². The average molecular weight is 457 g/mol. The highest BCUT2D eigenvalue weighted by Crippen LogP contribution is 2.35. The molecule has 188 valence electrons. The van der Waals surface area contributed by atoms with Gasteiger partial charge in [-0.3, -0.25) is 9.59 Å². The first-order valence-corrected chi connectivity index (χ1v) is 13.1. The lowest BCUT2D eigenvalue weighted by molar-refractivity contribution is -0.160. The van der Waals surface area contributed by atoms with Gasteiger partial charge in [-0.05, 0) is 45.4 Å². The van der Waals surface area contributed by atoms with Gasteiger partial charge in [0.1, 0.15) is 6.10 Å². The number of ether oxygens (including phenoxy) is 4. The predicted molar refractivity (Wildman–Crippen MR) is 127 cm³/mol. The van der Waals surface area contributed by atoms with E-state index in [-0.39, 0.29) is 24.6 Å². The van der Waals surface area contributed by atoms with E-state index in [1.54, 1.807) is 0 Å². The van der Waals surface area contributed by atoms with Crippen LogP contribution >= 0.6 is 0 Å². The minimum absolute atomic E-state index is 0.178. The summed E-state index contributed by atoms with van der Waals surface area (Å²) in [7, 11) is 0. The third-order valence-corrected chi connectivity index (χ3v) is 6.29. The Kier molecular flexibility index (Phi) is 16.5. The molecular weight excluding hydrogens is 408 g/mol. The molecule has 1 fully saturated rings. The van der Waals surface area contributed by atoms with Crippen LogP contribution in [0.25, 0.3) is 0 Å². The normalized spacial score (nSPS) is 19.8. The Hall–Kier alpha value is -1.14. The molecule has 6 heteroatoms. The van der Waals surface area contributed by atoms with Crippen LogP contribution in [0.3, 0.4) is 0 Å². The molecule has 1 aliphatic heterocycles. The van der Waals surface area contributed by atoms with Crippen molar-refractivity contribution in [1.82, 2.24) is 0 Å². The van der Waals surface area contributed by atoms with Crippen molar-refractivity contribution in [2.75, 3.05) is 33.0 Å². The van der Waals surface area contributed by atoms with Gasteiger partial charge in [0.25, 0.3) is 0 Å². The molecule has 6 nitrogen and oxygen atoms in total. The second-order valence-electron chi connectivity index (χ2n) is 9.21. The topological polar surface area (TPSA) is 71.1 Å². The van der Waals surface area contributed by atoms with Crippen molar-refractivity contribution in [3.05, 3.63) is 0 Å². The fourth-order valence-corrected chi connectivity index (χ4v) is 4.07. The summed E-state index contributed by atoms with van der Waals surface area (Å²) in [6, 6.07) is 0. The van der Waals surface area contributed by atoms with E-state index in [1.807, 2.05) is 6.92 Å². The highest BCUT2D eigenvalue weighted by Gasteiger charge is 2.39. The number of rotatable bonds is 16. The van der Waals surface area contributed by atoms with E-state index < -0.39 is 5.41 Å². The molecule has 1 unspecified atom stereocenters. The Balaban J connectivity index is 2.67. The van der Waals surface area contributed by atoms with Gasteiger partial charge < -0.3 is 18.9 Å². The molecule has 1 rings (SSSR count). The monoisotopic (exact) mass is 456 g/mol. The molecule has 32 heavy (non-hydrogen) atoms. The van der Waals surface area contributed by atoms with Crippen LogP contribution in [0, 0.1) is 5.41 Å². The molecule has 0 radical (unpaired) electrons. The van der Waals surface area contributed by atoms with Crippen molar-refractivity contribution < 1.29 is 28.5 Å². The quantitative estimate of drug-likeness (QED) is 0.210. The van der Waals surface area contributed by atoms with Crippen molar-refractivity contribution >= 4 is 11.9 Å². The smallest absolute Gasteiger partial charge is 0.312 e. The standard InChI is InChI=1S/C26H48O6/c1-4-6-8-10-18-29-21-16-26(17-22-30-19-11-9-7-5-2)15-12-13-24(27)32-23(3)14-20-31-25(26)28/h23H,4-22H2,1-3H3. The molecule has 0 aromatic carbocycles. The maximum Gasteiger partial charge on any atom is 0.312 e. The van der Waals surface area contributed by atoms with Crippen molar-refractivity contribution in [2.45, 2.75) is 117 Å². The van der Waals surface area contributed by atoms with E-state index in [1.165, 1.54) is 38.5 Å². The van der Waals surface area contributed by atoms with Gasteiger partial charge in [0.15, 0.2) is 0 Å². The van der Waals surface area contributed by atoms with Crippen LogP contribution in [0.15, 0.2) is 0 Å². The fourth-order valence-electron chi connectivity index (χ4n) is 4.07. The Morgan fingerprint density at radius 3 is 2.03 bits per heavy atom. The summed E-state index contributed by atoms with van der Waals surface area (Å²) in [5, 5.41) is 0. The number of carbonyl (C=O) groups excluding carboxylic acids is 2. The molecule has 1 heterocycles. The predicted octanol–water partition coefficient (Wildman–Crippen LogP) is 6.00. The molecule has 0 saturated carbocycles. The van der Waals surface area contributed by atoms with E-state index in [4.69, 9.17) is 18.9 Å². The molecule has 0 aromatic rings. The van der Waals surface area contributed by atoms with E-state index in [0.29, 0.717) is 51.7 Å². The van der Waals surface area contributed by atoms with Crippen LogP contribution in [0.5, 0.6) is 0 Å². The minimum atomic E-state index is -0.666. The molecule has 0 bridgehead atoms. The fraction of sp³-hybridized carbons (Fsp3) is 0.923. The highest BCUT2D eigenvalue weighted by molar-refractivity contribution is 5.77. The van der Waals surface area contributed by atoms with E-state index >= 15 is 0 Å². The Labute approximate surface area is 196 Å².